The Kier molecular flexibility index (Phi) is 6.93. The largest absolute Gasteiger partial charge is 0.463 e. The summed E-state index contributed by atoms with van der Waals surface area (Å²) < 4.78 is 7.30. The zero-order valence-corrected chi connectivity index (χ0v) is 24.0. The molecule has 0 bridgehead atoms. The van der Waals surface area contributed by atoms with Crippen LogP contribution in [0.3, 0.4) is 0 Å². The first-order valence-corrected chi connectivity index (χ1v) is 14.1. The third kappa shape index (κ3) is 4.46. The second-order valence-electron chi connectivity index (χ2n) is 10.8. The van der Waals surface area contributed by atoms with Crippen LogP contribution in [-0.4, -0.2) is 29.6 Å². The summed E-state index contributed by atoms with van der Waals surface area (Å²) >= 11 is 1.20. The highest BCUT2D eigenvalue weighted by Gasteiger charge is 2.37. The van der Waals surface area contributed by atoms with Gasteiger partial charge in [-0.3, -0.25) is 14.2 Å². The minimum atomic E-state index is -0.720. The molecule has 0 fully saturated rings. The lowest BCUT2D eigenvalue weighted by atomic mass is 9.85. The van der Waals surface area contributed by atoms with Gasteiger partial charge < -0.3 is 9.64 Å². The van der Waals surface area contributed by atoms with E-state index in [0.29, 0.717) is 32.7 Å². The molecule has 7 nitrogen and oxygen atoms in total. The van der Waals surface area contributed by atoms with Gasteiger partial charge in [-0.1, -0.05) is 81.5 Å². The molecule has 0 N–H and O–H groups in total. The van der Waals surface area contributed by atoms with Crippen molar-refractivity contribution in [2.75, 3.05) is 18.1 Å². The monoisotopic (exact) mass is 543 g/mol. The van der Waals surface area contributed by atoms with Crippen LogP contribution in [-0.2, 0) is 19.7 Å². The molecule has 202 valence electrons. The predicted octanol–water partition coefficient (Wildman–Crippen LogP) is 4.22. The molecule has 1 aromatic heterocycles. The Labute approximate surface area is 231 Å². The van der Waals surface area contributed by atoms with Gasteiger partial charge in [0.25, 0.3) is 11.5 Å². The second kappa shape index (κ2) is 10.1. The van der Waals surface area contributed by atoms with E-state index >= 15 is 0 Å². The summed E-state index contributed by atoms with van der Waals surface area (Å²) in [6.07, 6.45) is 0.793. The third-order valence-corrected chi connectivity index (χ3v) is 8.24. The van der Waals surface area contributed by atoms with Crippen molar-refractivity contribution in [1.82, 2.24) is 4.57 Å². The van der Waals surface area contributed by atoms with Gasteiger partial charge >= 0.3 is 5.97 Å². The molecular weight excluding hydrogens is 510 g/mol. The number of benzene rings is 2. The number of nitrogens with zero attached hydrogens (tertiary/aromatic N) is 3. The molecule has 0 aliphatic carbocycles. The number of thiazole rings is 1. The van der Waals surface area contributed by atoms with E-state index in [4.69, 9.17) is 4.74 Å². The minimum absolute atomic E-state index is 0.0507. The smallest absolute Gasteiger partial charge is 0.338 e. The molecule has 1 atom stereocenters. The highest BCUT2D eigenvalue weighted by Crippen LogP contribution is 2.36. The van der Waals surface area contributed by atoms with Gasteiger partial charge in [0, 0.05) is 12.1 Å². The number of fused-ring (bicyclic) bond motifs is 2. The molecule has 0 saturated carbocycles. The van der Waals surface area contributed by atoms with Gasteiger partial charge in [-0.15, -0.1) is 0 Å². The molecule has 5 rings (SSSR count). The first kappa shape index (κ1) is 26.8. The van der Waals surface area contributed by atoms with E-state index in [-0.39, 0.29) is 23.5 Å². The number of allylic oxidation sites excluding steroid dienone is 1. The Morgan fingerprint density at radius 1 is 1.05 bits per heavy atom. The summed E-state index contributed by atoms with van der Waals surface area (Å²) in [7, 11) is 0. The Balaban J connectivity index is 1.78. The highest BCUT2D eigenvalue weighted by molar-refractivity contribution is 7.07. The highest BCUT2D eigenvalue weighted by atomic mass is 32.1. The van der Waals surface area contributed by atoms with E-state index in [2.05, 4.69) is 25.8 Å². The van der Waals surface area contributed by atoms with Gasteiger partial charge in [0.2, 0.25) is 0 Å². The van der Waals surface area contributed by atoms with Crippen molar-refractivity contribution < 1.29 is 14.3 Å². The van der Waals surface area contributed by atoms with Crippen LogP contribution < -0.4 is 19.8 Å². The normalized spacial score (nSPS) is 18.2. The van der Waals surface area contributed by atoms with Gasteiger partial charge in [-0.05, 0) is 42.9 Å². The molecule has 1 amide bonds. The fourth-order valence-corrected chi connectivity index (χ4v) is 6.40. The molecule has 1 unspecified atom stereocenters. The zero-order valence-electron chi connectivity index (χ0n) is 23.2. The summed E-state index contributed by atoms with van der Waals surface area (Å²) in [5, 5.41) is 0. The number of amides is 1. The van der Waals surface area contributed by atoms with Gasteiger partial charge in [0.1, 0.15) is 4.53 Å². The van der Waals surface area contributed by atoms with E-state index in [0.717, 1.165) is 28.8 Å². The summed E-state index contributed by atoms with van der Waals surface area (Å²) in [6.45, 7) is 12.7. The first-order chi connectivity index (χ1) is 18.6. The van der Waals surface area contributed by atoms with Crippen LogP contribution in [0.25, 0.3) is 5.57 Å². The zero-order chi connectivity index (χ0) is 28.1. The Morgan fingerprint density at radius 3 is 2.38 bits per heavy atom. The van der Waals surface area contributed by atoms with Crippen molar-refractivity contribution >= 4 is 34.5 Å². The fraction of sp³-hybridized carbons (Fsp3) is 0.355. The van der Waals surface area contributed by atoms with Crippen LogP contribution in [0.1, 0.15) is 70.7 Å². The Morgan fingerprint density at radius 2 is 1.74 bits per heavy atom. The number of aromatic nitrogens is 1. The van der Waals surface area contributed by atoms with Crippen LogP contribution in [0.2, 0.25) is 0 Å². The quantitative estimate of drug-likeness (QED) is 0.452. The van der Waals surface area contributed by atoms with Crippen LogP contribution in [0.5, 0.6) is 0 Å². The maximum Gasteiger partial charge on any atom is 0.338 e. The van der Waals surface area contributed by atoms with Gasteiger partial charge in [0.05, 0.1) is 35.2 Å². The van der Waals surface area contributed by atoms with Crippen molar-refractivity contribution in [2.45, 2.75) is 59.4 Å². The molecule has 0 radical (unpaired) electrons. The van der Waals surface area contributed by atoms with Crippen molar-refractivity contribution in [3.05, 3.63) is 96.2 Å². The van der Waals surface area contributed by atoms with Crippen LogP contribution in [0.15, 0.2) is 69.6 Å². The van der Waals surface area contributed by atoms with Crippen LogP contribution >= 0.6 is 11.3 Å². The van der Waals surface area contributed by atoms with E-state index in [1.807, 2.05) is 55.5 Å². The second-order valence-corrected chi connectivity index (χ2v) is 11.8. The molecular formula is C31H33N3O4S. The van der Waals surface area contributed by atoms with Crippen molar-refractivity contribution in [2.24, 2.45) is 4.99 Å². The van der Waals surface area contributed by atoms with Gasteiger partial charge in [-0.25, -0.2) is 9.79 Å². The summed E-state index contributed by atoms with van der Waals surface area (Å²) in [4.78, 5) is 47.9. The van der Waals surface area contributed by atoms with Crippen molar-refractivity contribution in [3.8, 4) is 0 Å². The van der Waals surface area contributed by atoms with Gasteiger partial charge in [-0.2, -0.15) is 0 Å². The standard InChI is InChI=1S/C31H33N3O4S/c1-7-17-33-22-12-10-9-11-21(22)24(27(33)35)26-28(36)34-25(19-13-15-20(16-14-19)31(4,5)6)23(29(37)38-8-2)18(3)32-30(34)39-26/h9-16,25H,7-8,17H2,1-6H3/b26-24-. The lowest BCUT2D eigenvalue weighted by Gasteiger charge is -2.26. The topological polar surface area (TPSA) is 81.0 Å². The number of carbonyl (C=O) groups excluding carboxylic acids is 2. The Hall–Kier alpha value is -3.78. The van der Waals surface area contributed by atoms with E-state index in [1.165, 1.54) is 11.3 Å². The molecule has 0 saturated heterocycles. The SMILES string of the molecule is CCCN1C(=O)/C(=c2\sc3n(c2=O)C(c2ccc(C(C)(C)C)cc2)C(C(=O)OCC)=C(C)N=3)c2ccccc21. The molecule has 3 aromatic rings. The first-order valence-electron chi connectivity index (χ1n) is 13.3. The number of para-hydroxylation sites is 1. The van der Waals surface area contributed by atoms with E-state index in [1.54, 1.807) is 23.3 Å². The molecule has 8 heteroatoms. The summed E-state index contributed by atoms with van der Waals surface area (Å²) in [5.41, 5.74) is 4.31. The number of anilines is 1. The summed E-state index contributed by atoms with van der Waals surface area (Å²) in [6, 6.07) is 14.8. The van der Waals surface area contributed by atoms with Crippen LogP contribution in [0, 0.1) is 0 Å². The average molecular weight is 544 g/mol. The maximum absolute atomic E-state index is 14.2. The third-order valence-electron chi connectivity index (χ3n) is 7.18. The van der Waals surface area contributed by atoms with E-state index in [9.17, 15) is 14.4 Å². The molecule has 2 aliphatic heterocycles. The molecule has 2 aliphatic rings. The molecule has 39 heavy (non-hydrogen) atoms. The number of hydrogen-bond donors (Lipinski definition) is 0. The van der Waals surface area contributed by atoms with E-state index < -0.39 is 12.0 Å². The lowest BCUT2D eigenvalue weighted by molar-refractivity contribution is -0.139. The predicted molar refractivity (Wildman–Crippen MR) is 154 cm³/mol. The number of hydrogen-bond acceptors (Lipinski definition) is 6. The number of esters is 1. The van der Waals surface area contributed by atoms with Crippen LogP contribution in [0.4, 0.5) is 5.69 Å². The molecule has 2 aromatic carbocycles. The molecule has 3 heterocycles. The van der Waals surface area contributed by atoms with Gasteiger partial charge in [0.15, 0.2) is 4.80 Å². The number of carbonyl (C=O) groups is 2. The fourth-order valence-electron chi connectivity index (χ4n) is 5.27. The lowest BCUT2D eigenvalue weighted by Crippen LogP contribution is -2.41. The minimum Gasteiger partial charge on any atom is -0.463 e. The van der Waals surface area contributed by atoms with Crippen molar-refractivity contribution in [1.29, 1.82) is 0 Å². The average Bonchev–Trinajstić information content (AvgIpc) is 3.36. The number of rotatable bonds is 5. The van der Waals surface area contributed by atoms with Crippen molar-refractivity contribution in [3.63, 3.8) is 0 Å². The molecule has 0 spiro atoms. The maximum atomic E-state index is 14.2. The number of ether oxygens (including phenoxy) is 1. The summed E-state index contributed by atoms with van der Waals surface area (Å²) in [5.74, 6) is -0.686. The Bertz CT molecular complexity index is 1690.